The summed E-state index contributed by atoms with van der Waals surface area (Å²) in [5.41, 5.74) is 1.01. The third-order valence-electron chi connectivity index (χ3n) is 5.93. The van der Waals surface area contributed by atoms with E-state index in [4.69, 9.17) is 4.74 Å². The molecule has 2 aliphatic heterocycles. The van der Waals surface area contributed by atoms with Crippen molar-refractivity contribution in [2.75, 3.05) is 13.2 Å². The predicted molar refractivity (Wildman–Crippen MR) is 110 cm³/mol. The zero-order valence-corrected chi connectivity index (χ0v) is 17.3. The Hall–Kier alpha value is -2.37. The number of rotatable bonds is 6. The normalized spacial score (nSPS) is 25.8. The van der Waals surface area contributed by atoms with Crippen LogP contribution in [0.15, 0.2) is 30.3 Å². The van der Waals surface area contributed by atoms with Gasteiger partial charge in [-0.05, 0) is 24.8 Å². The first-order chi connectivity index (χ1) is 14.1. The molecule has 6 nitrogen and oxygen atoms in total. The summed E-state index contributed by atoms with van der Waals surface area (Å²) in [5, 5.41) is 2.98. The maximum atomic E-state index is 13.3. The summed E-state index contributed by atoms with van der Waals surface area (Å²) in [4.78, 5) is 40.5. The van der Waals surface area contributed by atoms with E-state index in [0.717, 1.165) is 37.7 Å². The Labute approximate surface area is 173 Å². The van der Waals surface area contributed by atoms with E-state index in [1.165, 1.54) is 0 Å². The van der Waals surface area contributed by atoms with Gasteiger partial charge in [0.2, 0.25) is 11.8 Å². The number of fused-ring (bicyclic) bond motifs is 1. The second kappa shape index (κ2) is 10.4. The van der Waals surface area contributed by atoms with Gasteiger partial charge < -0.3 is 15.0 Å². The molecule has 2 saturated heterocycles. The Kier molecular flexibility index (Phi) is 7.67. The van der Waals surface area contributed by atoms with Crippen LogP contribution in [0.2, 0.25) is 0 Å². The highest BCUT2D eigenvalue weighted by molar-refractivity contribution is 5.90. The van der Waals surface area contributed by atoms with Crippen molar-refractivity contribution in [3.05, 3.63) is 35.9 Å². The van der Waals surface area contributed by atoms with Crippen molar-refractivity contribution in [1.29, 1.82) is 0 Å². The number of hydrogen-bond acceptors (Lipinski definition) is 4. The second-order valence-electron chi connectivity index (χ2n) is 8.16. The van der Waals surface area contributed by atoms with E-state index in [-0.39, 0.29) is 36.9 Å². The first kappa shape index (κ1) is 21.3. The van der Waals surface area contributed by atoms with Gasteiger partial charge in [-0.25, -0.2) is 0 Å². The van der Waals surface area contributed by atoms with Gasteiger partial charge in [-0.2, -0.15) is 0 Å². The van der Waals surface area contributed by atoms with Gasteiger partial charge in [0.05, 0.1) is 12.5 Å². The number of carbonyl (C=O) groups is 3. The standard InChI is InChI=1S/C23H32N2O4/c1-2-3-5-11-18-15-21(26)29-16-19-12-8-13-25(19)23(28)20(24-22(18)27)14-17-9-6-4-7-10-17/h4,6-7,9-10,18-20H,2-3,5,8,11-16H2,1H3,(H,24,27)/t18-,19?,20+/m1/s1. The molecule has 0 aromatic heterocycles. The third kappa shape index (κ3) is 5.81. The van der Waals surface area contributed by atoms with Crippen LogP contribution < -0.4 is 5.32 Å². The molecule has 2 aliphatic rings. The average Bonchev–Trinajstić information content (AvgIpc) is 3.19. The van der Waals surface area contributed by atoms with Crippen LogP contribution in [0.3, 0.4) is 0 Å². The largest absolute Gasteiger partial charge is 0.463 e. The van der Waals surface area contributed by atoms with Crippen molar-refractivity contribution in [3.63, 3.8) is 0 Å². The first-order valence-corrected chi connectivity index (χ1v) is 10.9. The van der Waals surface area contributed by atoms with Crippen LogP contribution in [0.5, 0.6) is 0 Å². The SMILES string of the molecule is CCCCC[C@@H]1CC(=O)OCC2CCCN2C(=O)[C@H](Cc2ccccc2)NC1=O. The highest BCUT2D eigenvalue weighted by Crippen LogP contribution is 2.23. The van der Waals surface area contributed by atoms with Crippen molar-refractivity contribution in [1.82, 2.24) is 10.2 Å². The van der Waals surface area contributed by atoms with E-state index >= 15 is 0 Å². The van der Waals surface area contributed by atoms with Crippen molar-refractivity contribution in [2.24, 2.45) is 5.92 Å². The molecule has 1 aromatic rings. The third-order valence-corrected chi connectivity index (χ3v) is 5.93. The van der Waals surface area contributed by atoms with Gasteiger partial charge in [0.15, 0.2) is 0 Å². The zero-order chi connectivity index (χ0) is 20.6. The number of hydrogen-bond donors (Lipinski definition) is 1. The monoisotopic (exact) mass is 400 g/mol. The number of ether oxygens (including phenoxy) is 1. The molecule has 1 unspecified atom stereocenters. The van der Waals surface area contributed by atoms with Crippen molar-refractivity contribution in [2.45, 2.75) is 70.4 Å². The number of nitrogens with one attached hydrogen (secondary N) is 1. The minimum atomic E-state index is -0.618. The predicted octanol–water partition coefficient (Wildman–Crippen LogP) is 2.85. The smallest absolute Gasteiger partial charge is 0.306 e. The fourth-order valence-corrected chi connectivity index (χ4v) is 4.25. The van der Waals surface area contributed by atoms with Crippen LogP contribution in [0.4, 0.5) is 0 Å². The molecule has 0 aliphatic carbocycles. The van der Waals surface area contributed by atoms with Crippen molar-refractivity contribution in [3.8, 4) is 0 Å². The van der Waals surface area contributed by atoms with E-state index in [1.54, 1.807) is 4.90 Å². The van der Waals surface area contributed by atoms with Crippen molar-refractivity contribution >= 4 is 17.8 Å². The molecular formula is C23H32N2O4. The minimum absolute atomic E-state index is 0.0741. The van der Waals surface area contributed by atoms with Crippen LogP contribution in [-0.4, -0.2) is 47.9 Å². The van der Waals surface area contributed by atoms with Crippen LogP contribution >= 0.6 is 0 Å². The number of nitrogens with zero attached hydrogens (tertiary/aromatic N) is 1. The van der Waals surface area contributed by atoms with E-state index in [1.807, 2.05) is 30.3 Å². The summed E-state index contributed by atoms with van der Waals surface area (Å²) in [7, 11) is 0. The van der Waals surface area contributed by atoms with Gasteiger partial charge in [-0.3, -0.25) is 14.4 Å². The van der Waals surface area contributed by atoms with Crippen LogP contribution in [-0.2, 0) is 25.5 Å². The lowest BCUT2D eigenvalue weighted by Crippen LogP contribution is -2.52. The summed E-state index contributed by atoms with van der Waals surface area (Å²) in [5.74, 6) is -1.09. The van der Waals surface area contributed by atoms with Gasteiger partial charge in [-0.1, -0.05) is 56.5 Å². The number of amides is 2. The summed E-state index contributed by atoms with van der Waals surface area (Å²) >= 11 is 0. The van der Waals surface area contributed by atoms with Gasteiger partial charge in [-0.15, -0.1) is 0 Å². The number of esters is 1. The lowest BCUT2D eigenvalue weighted by molar-refractivity contribution is -0.149. The molecule has 6 heteroatoms. The first-order valence-electron chi connectivity index (χ1n) is 10.9. The van der Waals surface area contributed by atoms with Gasteiger partial charge >= 0.3 is 5.97 Å². The number of carbonyl (C=O) groups excluding carboxylic acids is 3. The Morgan fingerprint density at radius 3 is 2.69 bits per heavy atom. The van der Waals surface area contributed by atoms with Crippen LogP contribution in [0.1, 0.15) is 57.4 Å². The fourth-order valence-electron chi connectivity index (χ4n) is 4.25. The highest BCUT2D eigenvalue weighted by atomic mass is 16.5. The molecule has 2 heterocycles. The quantitative estimate of drug-likeness (QED) is 0.589. The molecule has 3 atom stereocenters. The number of cyclic esters (lactones) is 1. The fraction of sp³-hybridized carbons (Fsp3) is 0.609. The Morgan fingerprint density at radius 1 is 1.14 bits per heavy atom. The molecule has 1 N–H and O–H groups in total. The zero-order valence-electron chi connectivity index (χ0n) is 17.3. The molecule has 3 rings (SSSR count). The summed E-state index contributed by atoms with van der Waals surface area (Å²) in [6.07, 6.45) is 5.82. The van der Waals surface area contributed by atoms with Gasteiger partial charge in [0, 0.05) is 18.9 Å². The maximum Gasteiger partial charge on any atom is 0.306 e. The Balaban J connectivity index is 1.82. The van der Waals surface area contributed by atoms with E-state index in [2.05, 4.69) is 12.2 Å². The molecule has 0 bridgehead atoms. The molecule has 158 valence electrons. The number of unbranched alkanes of at least 4 members (excludes halogenated alkanes) is 2. The minimum Gasteiger partial charge on any atom is -0.463 e. The van der Waals surface area contributed by atoms with Gasteiger partial charge in [0.25, 0.3) is 0 Å². The van der Waals surface area contributed by atoms with E-state index in [0.29, 0.717) is 19.4 Å². The maximum absolute atomic E-state index is 13.3. The summed E-state index contributed by atoms with van der Waals surface area (Å²) in [6.45, 7) is 2.97. The lowest BCUT2D eigenvalue weighted by atomic mass is 9.95. The highest BCUT2D eigenvalue weighted by Gasteiger charge is 2.37. The molecule has 0 spiro atoms. The average molecular weight is 401 g/mol. The molecule has 1 aromatic carbocycles. The van der Waals surface area contributed by atoms with Gasteiger partial charge in [0.1, 0.15) is 12.6 Å². The second-order valence-corrected chi connectivity index (χ2v) is 8.16. The molecule has 0 radical (unpaired) electrons. The molecule has 29 heavy (non-hydrogen) atoms. The Bertz CT molecular complexity index is 706. The van der Waals surface area contributed by atoms with E-state index in [9.17, 15) is 14.4 Å². The Morgan fingerprint density at radius 2 is 1.93 bits per heavy atom. The van der Waals surface area contributed by atoms with Crippen LogP contribution in [0, 0.1) is 5.92 Å². The lowest BCUT2D eigenvalue weighted by Gasteiger charge is -2.29. The molecular weight excluding hydrogens is 368 g/mol. The van der Waals surface area contributed by atoms with Crippen molar-refractivity contribution < 1.29 is 19.1 Å². The summed E-state index contributed by atoms with van der Waals surface area (Å²) < 4.78 is 5.46. The summed E-state index contributed by atoms with van der Waals surface area (Å²) in [6, 6.07) is 9.03. The van der Waals surface area contributed by atoms with E-state index < -0.39 is 12.0 Å². The molecule has 2 fully saturated rings. The molecule has 2 amide bonds. The molecule has 0 saturated carbocycles. The number of benzene rings is 1. The van der Waals surface area contributed by atoms with Crippen LogP contribution in [0.25, 0.3) is 0 Å². The topological polar surface area (TPSA) is 75.7 Å².